The molecule has 3 N–H and O–H groups in total. The molecule has 0 aliphatic rings. The van der Waals surface area contributed by atoms with Crippen LogP contribution in [0.4, 0.5) is 0 Å². The molecule has 100 valence electrons. The molecule has 0 heterocycles. The number of hydrogen-bond acceptors (Lipinski definition) is 3. The van der Waals surface area contributed by atoms with Crippen LogP contribution < -0.4 is 15.8 Å². The van der Waals surface area contributed by atoms with Crippen LogP contribution >= 0.6 is 0 Å². The first-order chi connectivity index (χ1) is 8.45. The molecule has 0 saturated heterocycles. The number of nitrogens with two attached hydrogens (primary N) is 1. The molecule has 0 aromatic heterocycles. The Morgan fingerprint density at radius 1 is 1.44 bits per heavy atom. The van der Waals surface area contributed by atoms with E-state index >= 15 is 0 Å². The summed E-state index contributed by atoms with van der Waals surface area (Å²) in [5.74, 6) is 0.494. The number of ether oxygens (including phenoxy) is 1. The van der Waals surface area contributed by atoms with Crippen LogP contribution in [-0.2, 0) is 11.3 Å². The topological polar surface area (TPSA) is 64.3 Å². The maximum atomic E-state index is 11.2. The molecule has 0 spiro atoms. The molecule has 0 atom stereocenters. The van der Waals surface area contributed by atoms with Gasteiger partial charge in [-0.3, -0.25) is 10.1 Å². The van der Waals surface area contributed by atoms with Gasteiger partial charge < -0.3 is 10.5 Å². The molecule has 0 fully saturated rings. The number of benzene rings is 1. The molecule has 0 unspecified atom stereocenters. The molecule has 1 amide bonds. The van der Waals surface area contributed by atoms with Crippen molar-refractivity contribution in [1.82, 2.24) is 5.32 Å². The molecular weight excluding hydrogens is 228 g/mol. The Labute approximate surface area is 109 Å². The Kier molecular flexibility index (Phi) is 5.16. The third kappa shape index (κ3) is 4.37. The van der Waals surface area contributed by atoms with Gasteiger partial charge in [0.15, 0.2) is 0 Å². The number of hydrogen-bond donors (Lipinski definition) is 2. The third-order valence-electron chi connectivity index (χ3n) is 2.72. The van der Waals surface area contributed by atoms with Crippen LogP contribution in [0.3, 0.4) is 0 Å². The zero-order valence-corrected chi connectivity index (χ0v) is 11.3. The fourth-order valence-electron chi connectivity index (χ4n) is 1.38. The number of carbonyl (C=O) groups excluding carboxylic acids is 1. The first-order valence-electron chi connectivity index (χ1n) is 6.22. The van der Waals surface area contributed by atoms with E-state index in [9.17, 15) is 4.79 Å². The van der Waals surface area contributed by atoms with Crippen LogP contribution in [0.1, 0.15) is 32.8 Å². The lowest BCUT2D eigenvalue weighted by molar-refractivity contribution is -0.123. The second-order valence-electron chi connectivity index (χ2n) is 4.84. The van der Waals surface area contributed by atoms with Crippen LogP contribution in [0.25, 0.3) is 0 Å². The Balaban J connectivity index is 2.60. The predicted octanol–water partition coefficient (Wildman–Crippen LogP) is 1.83. The summed E-state index contributed by atoms with van der Waals surface area (Å²) in [6.45, 7) is 6.91. The van der Waals surface area contributed by atoms with Gasteiger partial charge in [-0.15, -0.1) is 0 Å². The molecule has 1 aromatic rings. The summed E-state index contributed by atoms with van der Waals surface area (Å²) in [4.78, 5) is 11.2. The zero-order valence-electron chi connectivity index (χ0n) is 11.3. The van der Waals surface area contributed by atoms with Gasteiger partial charge in [0.1, 0.15) is 5.75 Å². The van der Waals surface area contributed by atoms with Crippen molar-refractivity contribution >= 4 is 5.91 Å². The summed E-state index contributed by atoms with van der Waals surface area (Å²) >= 11 is 0. The fraction of sp³-hybridized carbons (Fsp3) is 0.500. The molecule has 0 aliphatic heterocycles. The van der Waals surface area contributed by atoms with Gasteiger partial charge in [0.05, 0.1) is 12.1 Å². The Bertz CT molecular complexity index is 403. The standard InChI is InChI=1S/C14H22N2O2/c1-4-8-18-12-7-5-6-11(9-12)10-16-14(2,3)13(15)17/h5-7,9,16H,4,8,10H2,1-3H3,(H2,15,17). The highest BCUT2D eigenvalue weighted by molar-refractivity contribution is 5.83. The van der Waals surface area contributed by atoms with Crippen molar-refractivity contribution in [2.75, 3.05) is 6.61 Å². The minimum atomic E-state index is -0.708. The predicted molar refractivity (Wildman–Crippen MR) is 72.3 cm³/mol. The van der Waals surface area contributed by atoms with Gasteiger partial charge >= 0.3 is 0 Å². The normalized spacial score (nSPS) is 11.3. The molecular formula is C14H22N2O2. The second-order valence-corrected chi connectivity index (χ2v) is 4.84. The summed E-state index contributed by atoms with van der Waals surface area (Å²) in [6.07, 6.45) is 0.983. The van der Waals surface area contributed by atoms with Crippen LogP contribution in [0.2, 0.25) is 0 Å². The number of carbonyl (C=O) groups is 1. The highest BCUT2D eigenvalue weighted by atomic mass is 16.5. The number of nitrogens with one attached hydrogen (secondary N) is 1. The van der Waals surface area contributed by atoms with E-state index in [1.807, 2.05) is 24.3 Å². The fourth-order valence-corrected chi connectivity index (χ4v) is 1.38. The third-order valence-corrected chi connectivity index (χ3v) is 2.72. The smallest absolute Gasteiger partial charge is 0.237 e. The monoisotopic (exact) mass is 250 g/mol. The van der Waals surface area contributed by atoms with E-state index in [1.165, 1.54) is 0 Å². The van der Waals surface area contributed by atoms with Crippen LogP contribution in [-0.4, -0.2) is 18.1 Å². The van der Waals surface area contributed by atoms with Gasteiger partial charge in [-0.25, -0.2) is 0 Å². The average Bonchev–Trinajstić information content (AvgIpc) is 2.34. The lowest BCUT2D eigenvalue weighted by Gasteiger charge is -2.22. The van der Waals surface area contributed by atoms with Crippen LogP contribution in [0, 0.1) is 0 Å². The molecule has 0 bridgehead atoms. The number of primary amides is 1. The van der Waals surface area contributed by atoms with Gasteiger partial charge in [-0.2, -0.15) is 0 Å². The Hall–Kier alpha value is -1.55. The van der Waals surface area contributed by atoms with E-state index in [1.54, 1.807) is 13.8 Å². The average molecular weight is 250 g/mol. The highest BCUT2D eigenvalue weighted by Gasteiger charge is 2.23. The van der Waals surface area contributed by atoms with E-state index in [0.29, 0.717) is 13.2 Å². The largest absolute Gasteiger partial charge is 0.494 e. The number of rotatable bonds is 7. The van der Waals surface area contributed by atoms with Gasteiger partial charge in [-0.05, 0) is 38.0 Å². The maximum Gasteiger partial charge on any atom is 0.237 e. The SMILES string of the molecule is CCCOc1cccc(CNC(C)(C)C(N)=O)c1. The van der Waals surface area contributed by atoms with Crippen LogP contribution in [0.5, 0.6) is 5.75 Å². The summed E-state index contributed by atoms with van der Waals surface area (Å²) < 4.78 is 5.56. The van der Waals surface area contributed by atoms with Gasteiger partial charge in [-0.1, -0.05) is 19.1 Å². The lowest BCUT2D eigenvalue weighted by Crippen LogP contribution is -2.50. The van der Waals surface area contributed by atoms with Crippen molar-refractivity contribution in [2.24, 2.45) is 5.73 Å². The summed E-state index contributed by atoms with van der Waals surface area (Å²) in [6, 6.07) is 7.83. The molecule has 4 heteroatoms. The van der Waals surface area contributed by atoms with Crippen molar-refractivity contribution in [2.45, 2.75) is 39.3 Å². The second kappa shape index (κ2) is 6.40. The van der Waals surface area contributed by atoms with E-state index in [4.69, 9.17) is 10.5 Å². The maximum absolute atomic E-state index is 11.2. The van der Waals surface area contributed by atoms with Crippen molar-refractivity contribution < 1.29 is 9.53 Å². The van der Waals surface area contributed by atoms with Crippen molar-refractivity contribution in [3.05, 3.63) is 29.8 Å². The summed E-state index contributed by atoms with van der Waals surface area (Å²) in [5, 5.41) is 3.13. The number of amides is 1. The quantitative estimate of drug-likeness (QED) is 0.776. The van der Waals surface area contributed by atoms with Crippen LogP contribution in [0.15, 0.2) is 24.3 Å². The molecule has 0 saturated carbocycles. The minimum Gasteiger partial charge on any atom is -0.494 e. The van der Waals surface area contributed by atoms with Crippen molar-refractivity contribution in [1.29, 1.82) is 0 Å². The van der Waals surface area contributed by atoms with Crippen molar-refractivity contribution in [3.8, 4) is 5.75 Å². The van der Waals surface area contributed by atoms with E-state index in [2.05, 4.69) is 12.2 Å². The van der Waals surface area contributed by atoms with Crippen molar-refractivity contribution in [3.63, 3.8) is 0 Å². The summed E-state index contributed by atoms with van der Waals surface area (Å²) in [5.41, 5.74) is 5.66. The zero-order chi connectivity index (χ0) is 13.6. The molecule has 18 heavy (non-hydrogen) atoms. The van der Waals surface area contributed by atoms with E-state index in [-0.39, 0.29) is 5.91 Å². The lowest BCUT2D eigenvalue weighted by atomic mass is 10.0. The van der Waals surface area contributed by atoms with Gasteiger partial charge in [0, 0.05) is 6.54 Å². The van der Waals surface area contributed by atoms with E-state index < -0.39 is 5.54 Å². The van der Waals surface area contributed by atoms with Gasteiger partial charge in [0.25, 0.3) is 0 Å². The van der Waals surface area contributed by atoms with E-state index in [0.717, 1.165) is 17.7 Å². The first-order valence-corrected chi connectivity index (χ1v) is 6.22. The van der Waals surface area contributed by atoms with Gasteiger partial charge in [0.2, 0.25) is 5.91 Å². The Morgan fingerprint density at radius 3 is 2.78 bits per heavy atom. The molecule has 0 radical (unpaired) electrons. The Morgan fingerprint density at radius 2 is 2.17 bits per heavy atom. The first kappa shape index (κ1) is 14.5. The molecule has 1 aromatic carbocycles. The molecule has 0 aliphatic carbocycles. The highest BCUT2D eigenvalue weighted by Crippen LogP contribution is 2.14. The molecule has 4 nitrogen and oxygen atoms in total. The minimum absolute atomic E-state index is 0.360. The summed E-state index contributed by atoms with van der Waals surface area (Å²) in [7, 11) is 0. The molecule has 1 rings (SSSR count).